The quantitative estimate of drug-likeness (QED) is 0.251. The Hall–Kier alpha value is -4.16. The van der Waals surface area contributed by atoms with Crippen molar-refractivity contribution in [2.75, 3.05) is 10.6 Å². The molecule has 0 spiro atoms. The highest BCUT2D eigenvalue weighted by atomic mass is 35.5. The van der Waals surface area contributed by atoms with Crippen LogP contribution in [0.1, 0.15) is 5.56 Å². The summed E-state index contributed by atoms with van der Waals surface area (Å²) in [7, 11) is 0. The number of carbonyl (C=O) groups is 1. The van der Waals surface area contributed by atoms with E-state index in [-0.39, 0.29) is 17.4 Å². The Bertz CT molecular complexity index is 1480. The molecular formula is C27H20ClFN4O. The number of aromatic nitrogens is 2. The summed E-state index contributed by atoms with van der Waals surface area (Å²) in [5.41, 5.74) is 5.58. The standard InChI is InChI=1S/C27H20ClFN4O/c28-23-12-17(7-9-24(23)29)22-14-19(8-10-26(22)32-20-4-3-11-30-16-20)33-27(34)13-18-15-31-25-6-2-1-5-21(18)25/h1-12,14-16,31-32H,13H2,(H,33,34). The lowest BCUT2D eigenvalue weighted by atomic mass is 10.0. The van der Waals surface area contributed by atoms with Crippen LogP contribution in [0.5, 0.6) is 0 Å². The summed E-state index contributed by atoms with van der Waals surface area (Å²) in [6.45, 7) is 0. The third-order valence-corrected chi connectivity index (χ3v) is 5.79. The third-order valence-electron chi connectivity index (χ3n) is 5.50. The van der Waals surface area contributed by atoms with Gasteiger partial charge in [-0.2, -0.15) is 0 Å². The number of benzene rings is 3. The largest absolute Gasteiger partial charge is 0.361 e. The highest BCUT2D eigenvalue weighted by Crippen LogP contribution is 2.35. The smallest absolute Gasteiger partial charge is 0.228 e. The maximum atomic E-state index is 13.8. The molecule has 0 radical (unpaired) electrons. The lowest BCUT2D eigenvalue weighted by molar-refractivity contribution is -0.115. The predicted molar refractivity (Wildman–Crippen MR) is 135 cm³/mol. The van der Waals surface area contributed by atoms with E-state index < -0.39 is 5.82 Å². The summed E-state index contributed by atoms with van der Waals surface area (Å²) in [6.07, 6.45) is 5.49. The number of H-pyrrole nitrogens is 1. The molecule has 0 fully saturated rings. The summed E-state index contributed by atoms with van der Waals surface area (Å²) in [6, 6.07) is 21.7. The van der Waals surface area contributed by atoms with Crippen molar-refractivity contribution < 1.29 is 9.18 Å². The van der Waals surface area contributed by atoms with Crippen molar-refractivity contribution >= 4 is 45.5 Å². The van der Waals surface area contributed by atoms with E-state index in [0.717, 1.165) is 33.4 Å². The number of fused-ring (bicyclic) bond motifs is 1. The van der Waals surface area contributed by atoms with Gasteiger partial charge < -0.3 is 15.6 Å². The molecule has 0 aliphatic carbocycles. The molecule has 0 saturated carbocycles. The van der Waals surface area contributed by atoms with E-state index in [9.17, 15) is 9.18 Å². The summed E-state index contributed by atoms with van der Waals surface area (Å²) in [5, 5.41) is 7.35. The van der Waals surface area contributed by atoms with Gasteiger partial charge in [0.2, 0.25) is 5.91 Å². The van der Waals surface area contributed by atoms with Crippen molar-refractivity contribution in [1.82, 2.24) is 9.97 Å². The minimum atomic E-state index is -0.490. The van der Waals surface area contributed by atoms with Crippen LogP contribution in [0.4, 0.5) is 21.5 Å². The fourth-order valence-corrected chi connectivity index (χ4v) is 4.06. The number of amides is 1. The van der Waals surface area contributed by atoms with E-state index in [1.165, 1.54) is 6.07 Å². The maximum absolute atomic E-state index is 13.8. The van der Waals surface area contributed by atoms with Gasteiger partial charge in [-0.15, -0.1) is 0 Å². The Balaban J connectivity index is 1.44. The van der Waals surface area contributed by atoms with Gasteiger partial charge in [0.15, 0.2) is 0 Å². The minimum Gasteiger partial charge on any atom is -0.361 e. The molecule has 0 aliphatic rings. The number of pyridine rings is 1. The van der Waals surface area contributed by atoms with Gasteiger partial charge in [0.25, 0.3) is 0 Å². The number of nitrogens with one attached hydrogen (secondary N) is 3. The van der Waals surface area contributed by atoms with Gasteiger partial charge in [-0.25, -0.2) is 4.39 Å². The molecule has 34 heavy (non-hydrogen) atoms. The summed E-state index contributed by atoms with van der Waals surface area (Å²) in [4.78, 5) is 20.1. The second-order valence-corrected chi connectivity index (χ2v) is 8.25. The van der Waals surface area contributed by atoms with E-state index in [1.54, 1.807) is 24.5 Å². The number of para-hydroxylation sites is 1. The molecule has 5 aromatic rings. The van der Waals surface area contributed by atoms with Gasteiger partial charge in [-0.3, -0.25) is 9.78 Å². The number of hydrogen-bond acceptors (Lipinski definition) is 3. The van der Waals surface area contributed by atoms with Crippen LogP contribution in [0.25, 0.3) is 22.0 Å². The van der Waals surface area contributed by atoms with Crippen molar-refractivity contribution in [2.45, 2.75) is 6.42 Å². The molecule has 5 nitrogen and oxygen atoms in total. The van der Waals surface area contributed by atoms with Crippen LogP contribution in [0.3, 0.4) is 0 Å². The highest BCUT2D eigenvalue weighted by Gasteiger charge is 2.13. The normalized spacial score (nSPS) is 10.9. The van der Waals surface area contributed by atoms with E-state index >= 15 is 0 Å². The van der Waals surface area contributed by atoms with E-state index in [1.807, 2.05) is 60.8 Å². The van der Waals surface area contributed by atoms with Gasteiger partial charge in [0.05, 0.1) is 23.3 Å². The summed E-state index contributed by atoms with van der Waals surface area (Å²) >= 11 is 6.05. The Labute approximate surface area is 200 Å². The van der Waals surface area contributed by atoms with Crippen LogP contribution in [-0.4, -0.2) is 15.9 Å². The summed E-state index contributed by atoms with van der Waals surface area (Å²) < 4.78 is 13.8. The van der Waals surface area contributed by atoms with Crippen LogP contribution >= 0.6 is 11.6 Å². The highest BCUT2D eigenvalue weighted by molar-refractivity contribution is 6.31. The van der Waals surface area contributed by atoms with Gasteiger partial charge in [-0.05, 0) is 59.7 Å². The molecule has 5 rings (SSSR count). The minimum absolute atomic E-state index is 0.0265. The monoisotopic (exact) mass is 470 g/mol. The molecule has 0 aliphatic heterocycles. The average Bonchev–Trinajstić information content (AvgIpc) is 3.25. The van der Waals surface area contributed by atoms with Crippen molar-refractivity contribution in [3.05, 3.63) is 108 Å². The molecule has 7 heteroatoms. The fraction of sp³-hybridized carbons (Fsp3) is 0.0370. The number of anilines is 3. The second kappa shape index (κ2) is 9.37. The molecule has 2 heterocycles. The topological polar surface area (TPSA) is 69.8 Å². The molecule has 2 aromatic heterocycles. The Kier molecular flexibility index (Phi) is 5.97. The lowest BCUT2D eigenvalue weighted by Crippen LogP contribution is -2.14. The summed E-state index contributed by atoms with van der Waals surface area (Å²) in [5.74, 6) is -0.629. The molecular weight excluding hydrogens is 451 g/mol. The average molecular weight is 471 g/mol. The zero-order chi connectivity index (χ0) is 23.5. The van der Waals surface area contributed by atoms with Crippen molar-refractivity contribution in [1.29, 1.82) is 0 Å². The third kappa shape index (κ3) is 4.63. The number of rotatable bonds is 6. The number of carbonyl (C=O) groups excluding carboxylic acids is 1. The van der Waals surface area contributed by atoms with Gasteiger partial charge in [0, 0.05) is 40.2 Å². The molecule has 168 valence electrons. The van der Waals surface area contributed by atoms with Gasteiger partial charge in [-0.1, -0.05) is 35.9 Å². The van der Waals surface area contributed by atoms with E-state index in [4.69, 9.17) is 11.6 Å². The number of halogens is 2. The van der Waals surface area contributed by atoms with Crippen LogP contribution in [0.2, 0.25) is 5.02 Å². The molecule has 0 bridgehead atoms. The Morgan fingerprint density at radius 3 is 2.71 bits per heavy atom. The predicted octanol–water partition coefficient (Wildman–Crippen LogP) is 6.95. The maximum Gasteiger partial charge on any atom is 0.228 e. The van der Waals surface area contributed by atoms with Crippen molar-refractivity contribution in [2.24, 2.45) is 0 Å². The molecule has 1 amide bonds. The first-order chi connectivity index (χ1) is 16.6. The SMILES string of the molecule is O=C(Cc1c[nH]c2ccccc12)Nc1ccc(Nc2cccnc2)c(-c2ccc(F)c(Cl)c2)c1. The van der Waals surface area contributed by atoms with Gasteiger partial charge >= 0.3 is 0 Å². The van der Waals surface area contributed by atoms with Crippen LogP contribution in [0.15, 0.2) is 91.4 Å². The Morgan fingerprint density at radius 1 is 1.00 bits per heavy atom. The lowest BCUT2D eigenvalue weighted by Gasteiger charge is -2.15. The molecule has 0 unspecified atom stereocenters. The van der Waals surface area contributed by atoms with Crippen LogP contribution < -0.4 is 10.6 Å². The van der Waals surface area contributed by atoms with Crippen LogP contribution in [-0.2, 0) is 11.2 Å². The second-order valence-electron chi connectivity index (χ2n) is 7.84. The fourth-order valence-electron chi connectivity index (χ4n) is 3.88. The first kappa shape index (κ1) is 21.7. The van der Waals surface area contributed by atoms with Crippen molar-refractivity contribution in [3.8, 4) is 11.1 Å². The van der Waals surface area contributed by atoms with Crippen LogP contribution in [0, 0.1) is 5.82 Å². The van der Waals surface area contributed by atoms with E-state index in [2.05, 4.69) is 20.6 Å². The first-order valence-corrected chi connectivity index (χ1v) is 11.1. The number of nitrogens with zero attached hydrogens (tertiary/aromatic N) is 1. The molecule has 0 saturated heterocycles. The van der Waals surface area contributed by atoms with E-state index in [0.29, 0.717) is 11.3 Å². The number of aromatic amines is 1. The molecule has 3 N–H and O–H groups in total. The van der Waals surface area contributed by atoms with Crippen molar-refractivity contribution in [3.63, 3.8) is 0 Å². The molecule has 3 aromatic carbocycles. The first-order valence-electron chi connectivity index (χ1n) is 10.7. The zero-order valence-corrected chi connectivity index (χ0v) is 18.7. The number of hydrogen-bond donors (Lipinski definition) is 3. The van der Waals surface area contributed by atoms with Gasteiger partial charge in [0.1, 0.15) is 5.82 Å². The zero-order valence-electron chi connectivity index (χ0n) is 18.0. The molecule has 0 atom stereocenters. The Morgan fingerprint density at radius 2 is 1.88 bits per heavy atom.